The lowest BCUT2D eigenvalue weighted by atomic mass is 10.0. The molecule has 1 fully saturated rings. The monoisotopic (exact) mass is 310 g/mol. The molecule has 0 aliphatic heterocycles. The third kappa shape index (κ3) is 3.80. The van der Waals surface area contributed by atoms with E-state index in [9.17, 15) is 4.79 Å². The normalized spacial score (nSPS) is 17.1. The first-order chi connectivity index (χ1) is 10.8. The van der Waals surface area contributed by atoms with E-state index in [1.54, 1.807) is 0 Å². The minimum absolute atomic E-state index is 0.0771. The minimum atomic E-state index is -0.0771. The van der Waals surface area contributed by atoms with Crippen molar-refractivity contribution in [2.75, 3.05) is 0 Å². The van der Waals surface area contributed by atoms with Crippen molar-refractivity contribution in [3.05, 3.63) is 71.8 Å². The van der Waals surface area contributed by atoms with Gasteiger partial charge >= 0.3 is 0 Å². The maximum Gasteiger partial charge on any atom is 0.180 e. The Bertz CT molecular complexity index is 588. The summed E-state index contributed by atoms with van der Waals surface area (Å²) >= 11 is 1.87. The molecule has 0 saturated heterocycles. The fourth-order valence-electron chi connectivity index (χ4n) is 3.07. The van der Waals surface area contributed by atoms with E-state index in [0.717, 1.165) is 11.1 Å². The largest absolute Gasteiger partial charge is 0.293 e. The molecule has 1 aliphatic carbocycles. The molecule has 2 aromatic carbocycles. The van der Waals surface area contributed by atoms with Gasteiger partial charge in [-0.05, 0) is 18.4 Å². The number of Topliss-reactive ketones (excluding diaryl/α,β-unsaturated/α-hetero) is 1. The van der Waals surface area contributed by atoms with Gasteiger partial charge in [0.15, 0.2) is 5.78 Å². The van der Waals surface area contributed by atoms with E-state index >= 15 is 0 Å². The van der Waals surface area contributed by atoms with Gasteiger partial charge in [0.25, 0.3) is 0 Å². The molecule has 1 atom stereocenters. The summed E-state index contributed by atoms with van der Waals surface area (Å²) in [6.07, 6.45) is 6.45. The molecule has 1 aliphatic rings. The molecule has 0 unspecified atom stereocenters. The zero-order valence-electron chi connectivity index (χ0n) is 12.8. The van der Waals surface area contributed by atoms with Gasteiger partial charge in [0, 0.05) is 10.8 Å². The summed E-state index contributed by atoms with van der Waals surface area (Å²) in [4.78, 5) is 13.0. The summed E-state index contributed by atoms with van der Waals surface area (Å²) in [5.41, 5.74) is 1.95. The number of thioether (sulfide) groups is 1. The third-order valence-corrected chi connectivity index (χ3v) is 5.89. The Hall–Kier alpha value is -1.54. The molecule has 0 bridgehead atoms. The molecule has 0 spiro atoms. The molecule has 0 aromatic heterocycles. The maximum absolute atomic E-state index is 13.0. The standard InChI is InChI=1S/C20H22OS/c21-19(16-10-4-1-5-11-16)20(17-12-6-2-7-13-17)22-18-14-8-3-9-15-18/h1-2,4-7,10-13,18,20H,3,8-9,14-15H2/t20-/m1/s1. The van der Waals surface area contributed by atoms with Crippen LogP contribution in [0.3, 0.4) is 0 Å². The minimum Gasteiger partial charge on any atom is -0.293 e. The van der Waals surface area contributed by atoms with Gasteiger partial charge in [-0.1, -0.05) is 79.9 Å². The number of carbonyl (C=O) groups excluding carboxylic acids is 1. The van der Waals surface area contributed by atoms with Crippen molar-refractivity contribution in [1.82, 2.24) is 0 Å². The summed E-state index contributed by atoms with van der Waals surface area (Å²) < 4.78 is 0. The van der Waals surface area contributed by atoms with E-state index in [1.165, 1.54) is 32.1 Å². The van der Waals surface area contributed by atoms with Crippen LogP contribution in [0.5, 0.6) is 0 Å². The van der Waals surface area contributed by atoms with Gasteiger partial charge in [-0.15, -0.1) is 11.8 Å². The van der Waals surface area contributed by atoms with Crippen LogP contribution in [-0.4, -0.2) is 11.0 Å². The number of benzene rings is 2. The smallest absolute Gasteiger partial charge is 0.180 e. The Balaban J connectivity index is 1.84. The highest BCUT2D eigenvalue weighted by Gasteiger charge is 2.27. The second-order valence-electron chi connectivity index (χ2n) is 5.92. The summed E-state index contributed by atoms with van der Waals surface area (Å²) in [5, 5.41) is 0.540. The average Bonchev–Trinajstić information content (AvgIpc) is 2.61. The summed E-state index contributed by atoms with van der Waals surface area (Å²) in [6.45, 7) is 0. The van der Waals surface area contributed by atoms with Gasteiger partial charge in [0.2, 0.25) is 0 Å². The first-order valence-electron chi connectivity index (χ1n) is 8.14. The lowest BCUT2D eigenvalue weighted by Crippen LogP contribution is -2.16. The lowest BCUT2D eigenvalue weighted by molar-refractivity contribution is 0.0989. The predicted octanol–water partition coefficient (Wildman–Crippen LogP) is 5.68. The topological polar surface area (TPSA) is 17.1 Å². The van der Waals surface area contributed by atoms with Crippen LogP contribution in [0.4, 0.5) is 0 Å². The van der Waals surface area contributed by atoms with Crippen LogP contribution in [0.1, 0.15) is 53.3 Å². The zero-order chi connectivity index (χ0) is 15.2. The van der Waals surface area contributed by atoms with Crippen molar-refractivity contribution >= 4 is 17.5 Å². The summed E-state index contributed by atoms with van der Waals surface area (Å²) in [6, 6.07) is 20.0. The van der Waals surface area contributed by atoms with Crippen LogP contribution in [0.2, 0.25) is 0 Å². The Morgan fingerprint density at radius 2 is 1.45 bits per heavy atom. The molecule has 114 valence electrons. The van der Waals surface area contributed by atoms with E-state index in [2.05, 4.69) is 12.1 Å². The molecule has 0 radical (unpaired) electrons. The quantitative estimate of drug-likeness (QED) is 0.661. The summed E-state index contributed by atoms with van der Waals surface area (Å²) in [7, 11) is 0. The number of hydrogen-bond acceptors (Lipinski definition) is 2. The number of hydrogen-bond donors (Lipinski definition) is 0. The molecule has 0 amide bonds. The SMILES string of the molecule is O=C(c1ccccc1)[C@H](SC1CCCCC1)c1ccccc1. The fraction of sp³-hybridized carbons (Fsp3) is 0.350. The highest BCUT2D eigenvalue weighted by Crippen LogP contribution is 2.40. The molecule has 0 heterocycles. The van der Waals surface area contributed by atoms with E-state index in [1.807, 2.05) is 60.3 Å². The Morgan fingerprint density at radius 3 is 2.09 bits per heavy atom. The highest BCUT2D eigenvalue weighted by atomic mass is 32.2. The average molecular weight is 310 g/mol. The summed E-state index contributed by atoms with van der Waals surface area (Å²) in [5.74, 6) is 0.238. The number of ketones is 1. The molecule has 2 heteroatoms. The second kappa shape index (κ2) is 7.64. The Kier molecular flexibility index (Phi) is 5.33. The van der Waals surface area contributed by atoms with Crippen molar-refractivity contribution < 1.29 is 4.79 Å². The van der Waals surface area contributed by atoms with E-state index in [0.29, 0.717) is 5.25 Å². The molecule has 2 aromatic rings. The molecule has 1 saturated carbocycles. The van der Waals surface area contributed by atoms with Crippen molar-refractivity contribution in [2.45, 2.75) is 42.6 Å². The van der Waals surface area contributed by atoms with Gasteiger partial charge in [-0.2, -0.15) is 0 Å². The number of carbonyl (C=O) groups is 1. The van der Waals surface area contributed by atoms with Crippen LogP contribution in [0.15, 0.2) is 60.7 Å². The first kappa shape index (κ1) is 15.4. The maximum atomic E-state index is 13.0. The zero-order valence-corrected chi connectivity index (χ0v) is 13.6. The van der Waals surface area contributed by atoms with Crippen LogP contribution in [-0.2, 0) is 0 Å². The third-order valence-electron chi connectivity index (χ3n) is 4.28. The van der Waals surface area contributed by atoms with Crippen LogP contribution < -0.4 is 0 Å². The van der Waals surface area contributed by atoms with Gasteiger partial charge in [-0.25, -0.2) is 0 Å². The van der Waals surface area contributed by atoms with Crippen LogP contribution in [0, 0.1) is 0 Å². The van der Waals surface area contributed by atoms with E-state index < -0.39 is 0 Å². The predicted molar refractivity (Wildman–Crippen MR) is 94.4 cm³/mol. The van der Waals surface area contributed by atoms with E-state index in [4.69, 9.17) is 0 Å². The van der Waals surface area contributed by atoms with E-state index in [-0.39, 0.29) is 11.0 Å². The first-order valence-corrected chi connectivity index (χ1v) is 9.08. The van der Waals surface area contributed by atoms with Crippen LogP contribution in [0.25, 0.3) is 0 Å². The Labute approximate surface area is 137 Å². The molecule has 3 rings (SSSR count). The van der Waals surface area contributed by atoms with Crippen molar-refractivity contribution in [3.8, 4) is 0 Å². The molecular weight excluding hydrogens is 288 g/mol. The number of rotatable bonds is 5. The van der Waals surface area contributed by atoms with Gasteiger partial charge in [0.05, 0.1) is 5.25 Å². The molecular formula is C20H22OS. The van der Waals surface area contributed by atoms with Crippen molar-refractivity contribution in [3.63, 3.8) is 0 Å². The second-order valence-corrected chi connectivity index (χ2v) is 7.33. The molecule has 1 nitrogen and oxygen atoms in total. The van der Waals surface area contributed by atoms with Crippen LogP contribution >= 0.6 is 11.8 Å². The van der Waals surface area contributed by atoms with Gasteiger partial charge < -0.3 is 0 Å². The Morgan fingerprint density at radius 1 is 0.864 bits per heavy atom. The van der Waals surface area contributed by atoms with Gasteiger partial charge in [-0.3, -0.25) is 4.79 Å². The molecule has 22 heavy (non-hydrogen) atoms. The van der Waals surface area contributed by atoms with Crippen molar-refractivity contribution in [2.24, 2.45) is 0 Å². The van der Waals surface area contributed by atoms with Crippen molar-refractivity contribution in [1.29, 1.82) is 0 Å². The molecule has 0 N–H and O–H groups in total. The fourth-order valence-corrected chi connectivity index (χ4v) is 4.63. The lowest BCUT2D eigenvalue weighted by Gasteiger charge is -2.26. The highest BCUT2D eigenvalue weighted by molar-refractivity contribution is 8.00. The van der Waals surface area contributed by atoms with Gasteiger partial charge in [0.1, 0.15) is 0 Å².